The fraction of sp³-hybridized carbons (Fsp3) is 0.476. The van der Waals surface area contributed by atoms with E-state index in [0.29, 0.717) is 5.13 Å². The summed E-state index contributed by atoms with van der Waals surface area (Å²) in [6.07, 6.45) is 5.07. The van der Waals surface area contributed by atoms with Gasteiger partial charge in [-0.3, -0.25) is 9.59 Å². The number of carbonyl (C=O) groups excluding carboxylic acids is 2. The van der Waals surface area contributed by atoms with E-state index in [4.69, 9.17) is 0 Å². The number of nitrogens with zero attached hydrogens (tertiary/aromatic N) is 2. The maximum absolute atomic E-state index is 12.5. The summed E-state index contributed by atoms with van der Waals surface area (Å²) in [6, 6.07) is 6.20. The van der Waals surface area contributed by atoms with Crippen LogP contribution in [0.4, 0.5) is 10.8 Å². The van der Waals surface area contributed by atoms with E-state index in [1.165, 1.54) is 16.9 Å². The standard InChI is InChI=1S/C21H25N3O2S/c1-13(2)20(26)24-10-4-7-16-11-15(8-9-18(16)24)17-12-27-21(22-17)23-19(25)14-5-3-6-14/h8-9,11-14H,3-7,10H2,1-2H3,(H,22,23,25). The largest absolute Gasteiger partial charge is 0.312 e. The van der Waals surface area contributed by atoms with Crippen molar-refractivity contribution in [3.63, 3.8) is 0 Å². The molecule has 0 bridgehead atoms. The van der Waals surface area contributed by atoms with Gasteiger partial charge < -0.3 is 10.2 Å². The Kier molecular flexibility index (Phi) is 5.00. The smallest absolute Gasteiger partial charge is 0.229 e. The molecule has 4 rings (SSSR count). The molecule has 1 aromatic carbocycles. The van der Waals surface area contributed by atoms with Crippen LogP contribution in [-0.4, -0.2) is 23.3 Å². The van der Waals surface area contributed by atoms with Crippen LogP contribution in [0.25, 0.3) is 11.3 Å². The minimum absolute atomic E-state index is 0.00370. The monoisotopic (exact) mass is 383 g/mol. The molecular weight excluding hydrogens is 358 g/mol. The Labute approximate surface area is 163 Å². The van der Waals surface area contributed by atoms with Gasteiger partial charge in [-0.25, -0.2) is 4.98 Å². The average Bonchev–Trinajstić information content (AvgIpc) is 3.06. The molecule has 1 aromatic heterocycles. The van der Waals surface area contributed by atoms with Gasteiger partial charge in [-0.1, -0.05) is 26.3 Å². The van der Waals surface area contributed by atoms with E-state index < -0.39 is 0 Å². The second-order valence-corrected chi connectivity index (χ2v) is 8.60. The Hall–Kier alpha value is -2.21. The first-order valence-electron chi connectivity index (χ1n) is 9.74. The predicted octanol–water partition coefficient (Wildman–Crippen LogP) is 4.48. The van der Waals surface area contributed by atoms with Gasteiger partial charge in [0.05, 0.1) is 5.69 Å². The summed E-state index contributed by atoms with van der Waals surface area (Å²) >= 11 is 1.46. The molecule has 2 amide bonds. The first-order valence-corrected chi connectivity index (χ1v) is 10.6. The molecule has 0 atom stereocenters. The lowest BCUT2D eigenvalue weighted by Gasteiger charge is -2.31. The van der Waals surface area contributed by atoms with Crippen LogP contribution in [0.2, 0.25) is 0 Å². The summed E-state index contributed by atoms with van der Waals surface area (Å²) in [6.45, 7) is 4.68. The number of carbonyl (C=O) groups is 2. The van der Waals surface area contributed by atoms with E-state index in [2.05, 4.69) is 16.4 Å². The number of benzene rings is 1. The van der Waals surface area contributed by atoms with Crippen molar-refractivity contribution in [2.45, 2.75) is 46.0 Å². The maximum atomic E-state index is 12.5. The van der Waals surface area contributed by atoms with Gasteiger partial charge >= 0.3 is 0 Å². The van der Waals surface area contributed by atoms with Crippen LogP contribution < -0.4 is 10.2 Å². The molecule has 0 saturated heterocycles. The molecule has 0 radical (unpaired) electrons. The third kappa shape index (κ3) is 3.63. The van der Waals surface area contributed by atoms with Crippen molar-refractivity contribution in [2.75, 3.05) is 16.8 Å². The SMILES string of the molecule is CC(C)C(=O)N1CCCc2cc(-c3csc(NC(=O)C4CCC4)n3)ccc21. The van der Waals surface area contributed by atoms with Crippen LogP contribution >= 0.6 is 11.3 Å². The summed E-state index contributed by atoms with van der Waals surface area (Å²) in [4.78, 5) is 31.1. The molecule has 1 fully saturated rings. The van der Waals surface area contributed by atoms with Crippen LogP contribution in [0.5, 0.6) is 0 Å². The zero-order chi connectivity index (χ0) is 19.0. The molecule has 2 heterocycles. The van der Waals surface area contributed by atoms with Gasteiger partial charge in [-0.2, -0.15) is 0 Å². The zero-order valence-electron chi connectivity index (χ0n) is 15.8. The van der Waals surface area contributed by atoms with E-state index in [0.717, 1.165) is 55.6 Å². The lowest BCUT2D eigenvalue weighted by atomic mass is 9.85. The van der Waals surface area contributed by atoms with E-state index in [9.17, 15) is 9.59 Å². The average molecular weight is 384 g/mol. The van der Waals surface area contributed by atoms with Gasteiger partial charge in [0.25, 0.3) is 0 Å². The Bertz CT molecular complexity index is 870. The van der Waals surface area contributed by atoms with Crippen LogP contribution in [0.3, 0.4) is 0 Å². The number of hydrogen-bond donors (Lipinski definition) is 1. The van der Waals surface area contributed by atoms with Crippen molar-refractivity contribution in [1.29, 1.82) is 0 Å². The first-order chi connectivity index (χ1) is 13.0. The lowest BCUT2D eigenvalue weighted by Crippen LogP contribution is -2.38. The molecule has 0 spiro atoms. The molecule has 2 aromatic rings. The Morgan fingerprint density at radius 2 is 2.07 bits per heavy atom. The number of amides is 2. The molecule has 6 heteroatoms. The van der Waals surface area contributed by atoms with E-state index in [-0.39, 0.29) is 23.7 Å². The maximum Gasteiger partial charge on any atom is 0.229 e. The third-order valence-electron chi connectivity index (χ3n) is 5.46. The van der Waals surface area contributed by atoms with Crippen molar-refractivity contribution in [3.05, 3.63) is 29.1 Å². The van der Waals surface area contributed by atoms with Crippen LogP contribution in [0.15, 0.2) is 23.6 Å². The summed E-state index contributed by atoms with van der Waals surface area (Å²) in [7, 11) is 0. The van der Waals surface area contributed by atoms with Crippen molar-refractivity contribution in [1.82, 2.24) is 4.98 Å². The molecule has 27 heavy (non-hydrogen) atoms. The number of anilines is 2. The molecule has 1 aliphatic heterocycles. The highest BCUT2D eigenvalue weighted by Crippen LogP contribution is 2.34. The zero-order valence-corrected chi connectivity index (χ0v) is 16.6. The van der Waals surface area contributed by atoms with Gasteiger partial charge in [0.1, 0.15) is 0 Å². The van der Waals surface area contributed by atoms with Crippen molar-refractivity contribution in [3.8, 4) is 11.3 Å². The summed E-state index contributed by atoms with van der Waals surface area (Å²) in [5.74, 6) is 0.426. The van der Waals surface area contributed by atoms with Crippen LogP contribution in [0.1, 0.15) is 45.1 Å². The number of rotatable bonds is 4. The van der Waals surface area contributed by atoms with E-state index in [1.54, 1.807) is 0 Å². The fourth-order valence-electron chi connectivity index (χ4n) is 3.64. The number of nitrogens with one attached hydrogen (secondary N) is 1. The molecule has 2 aliphatic rings. The summed E-state index contributed by atoms with van der Waals surface area (Å²) < 4.78 is 0. The highest BCUT2D eigenvalue weighted by Gasteiger charge is 2.26. The molecule has 0 unspecified atom stereocenters. The van der Waals surface area contributed by atoms with Gasteiger partial charge in [0.2, 0.25) is 11.8 Å². The molecule has 1 aliphatic carbocycles. The topological polar surface area (TPSA) is 62.3 Å². The molecular formula is C21H25N3O2S. The number of aryl methyl sites for hydroxylation is 1. The fourth-order valence-corrected chi connectivity index (χ4v) is 4.36. The van der Waals surface area contributed by atoms with Crippen LogP contribution in [0, 0.1) is 11.8 Å². The third-order valence-corrected chi connectivity index (χ3v) is 6.22. The predicted molar refractivity (Wildman–Crippen MR) is 109 cm³/mol. The minimum atomic E-state index is -0.00370. The van der Waals surface area contributed by atoms with Gasteiger partial charge in [0.15, 0.2) is 5.13 Å². The minimum Gasteiger partial charge on any atom is -0.312 e. The molecule has 142 valence electrons. The van der Waals surface area contributed by atoms with Crippen molar-refractivity contribution < 1.29 is 9.59 Å². The molecule has 5 nitrogen and oxygen atoms in total. The molecule has 1 saturated carbocycles. The second kappa shape index (κ2) is 7.43. The highest BCUT2D eigenvalue weighted by atomic mass is 32.1. The number of hydrogen-bond acceptors (Lipinski definition) is 4. The van der Waals surface area contributed by atoms with Crippen molar-refractivity contribution in [2.24, 2.45) is 11.8 Å². The quantitative estimate of drug-likeness (QED) is 0.846. The van der Waals surface area contributed by atoms with E-state index >= 15 is 0 Å². The van der Waals surface area contributed by atoms with Gasteiger partial charge in [-0.05, 0) is 43.4 Å². The Morgan fingerprint density at radius 1 is 1.26 bits per heavy atom. The summed E-state index contributed by atoms with van der Waals surface area (Å²) in [5, 5.41) is 5.59. The van der Waals surface area contributed by atoms with Crippen LogP contribution in [-0.2, 0) is 16.0 Å². The summed E-state index contributed by atoms with van der Waals surface area (Å²) in [5.41, 5.74) is 4.13. The Balaban J connectivity index is 1.53. The number of fused-ring (bicyclic) bond motifs is 1. The molecule has 1 N–H and O–H groups in total. The highest BCUT2D eigenvalue weighted by molar-refractivity contribution is 7.14. The Morgan fingerprint density at radius 3 is 2.78 bits per heavy atom. The first kappa shape index (κ1) is 18.2. The number of aromatic nitrogens is 1. The second-order valence-electron chi connectivity index (χ2n) is 7.75. The van der Waals surface area contributed by atoms with Gasteiger partial charge in [-0.15, -0.1) is 11.3 Å². The lowest BCUT2D eigenvalue weighted by molar-refractivity contribution is -0.122. The number of thiazole rings is 1. The van der Waals surface area contributed by atoms with Gasteiger partial charge in [0, 0.05) is 35.0 Å². The van der Waals surface area contributed by atoms with E-state index in [1.807, 2.05) is 36.3 Å². The normalized spacial score (nSPS) is 16.8. The van der Waals surface area contributed by atoms with Crippen molar-refractivity contribution >= 4 is 34.0 Å².